The van der Waals surface area contributed by atoms with E-state index in [4.69, 9.17) is 5.11 Å². The standard InChI is InChI=1S/C5H13NOS/c1-4(8)6-5(2,3)7/h4,6-8H,1-3H3. The SMILES string of the molecule is CC(S)NC(C)(C)O. The highest BCUT2D eigenvalue weighted by molar-refractivity contribution is 7.80. The summed E-state index contributed by atoms with van der Waals surface area (Å²) < 4.78 is 0. The van der Waals surface area contributed by atoms with Crippen molar-refractivity contribution in [1.29, 1.82) is 0 Å². The van der Waals surface area contributed by atoms with Crippen molar-refractivity contribution in [2.45, 2.75) is 31.9 Å². The van der Waals surface area contributed by atoms with Crippen LogP contribution in [0.5, 0.6) is 0 Å². The fourth-order valence-electron chi connectivity index (χ4n) is 0.511. The molecule has 1 atom stereocenters. The minimum Gasteiger partial charge on any atom is -0.376 e. The maximum absolute atomic E-state index is 9.03. The van der Waals surface area contributed by atoms with Gasteiger partial charge in [-0.15, -0.1) is 0 Å². The maximum Gasteiger partial charge on any atom is 0.111 e. The van der Waals surface area contributed by atoms with Gasteiger partial charge >= 0.3 is 0 Å². The molecule has 0 fully saturated rings. The lowest BCUT2D eigenvalue weighted by Gasteiger charge is -2.21. The molecule has 0 radical (unpaired) electrons. The van der Waals surface area contributed by atoms with Crippen molar-refractivity contribution < 1.29 is 5.11 Å². The van der Waals surface area contributed by atoms with Crippen LogP contribution in [-0.4, -0.2) is 16.2 Å². The molecule has 0 aliphatic carbocycles. The van der Waals surface area contributed by atoms with Gasteiger partial charge in [-0.2, -0.15) is 12.6 Å². The molecular weight excluding hydrogens is 122 g/mol. The van der Waals surface area contributed by atoms with Crippen molar-refractivity contribution in [2.24, 2.45) is 0 Å². The Morgan fingerprint density at radius 2 is 2.00 bits per heavy atom. The predicted molar refractivity (Wildman–Crippen MR) is 37.9 cm³/mol. The molecule has 8 heavy (non-hydrogen) atoms. The fourth-order valence-corrected chi connectivity index (χ4v) is 0.827. The van der Waals surface area contributed by atoms with Crippen LogP contribution in [0, 0.1) is 0 Å². The van der Waals surface area contributed by atoms with Gasteiger partial charge in [-0.25, -0.2) is 0 Å². The number of rotatable bonds is 2. The molecule has 2 nitrogen and oxygen atoms in total. The average molecular weight is 135 g/mol. The summed E-state index contributed by atoms with van der Waals surface area (Å²) in [5, 5.41) is 11.9. The van der Waals surface area contributed by atoms with E-state index in [1.165, 1.54) is 0 Å². The van der Waals surface area contributed by atoms with Crippen LogP contribution in [0.2, 0.25) is 0 Å². The molecule has 50 valence electrons. The van der Waals surface area contributed by atoms with E-state index in [0.29, 0.717) is 0 Å². The zero-order valence-electron chi connectivity index (χ0n) is 5.47. The zero-order chi connectivity index (χ0) is 6.78. The average Bonchev–Trinajstić information content (AvgIpc) is 1.21. The first-order valence-electron chi connectivity index (χ1n) is 2.60. The minimum absolute atomic E-state index is 0.0370. The van der Waals surface area contributed by atoms with Crippen molar-refractivity contribution in [3.05, 3.63) is 0 Å². The lowest BCUT2D eigenvalue weighted by Crippen LogP contribution is -2.42. The number of hydrogen-bond donors (Lipinski definition) is 3. The van der Waals surface area contributed by atoms with Crippen LogP contribution in [0.1, 0.15) is 20.8 Å². The highest BCUT2D eigenvalue weighted by Crippen LogP contribution is 1.98. The van der Waals surface area contributed by atoms with Crippen LogP contribution in [-0.2, 0) is 0 Å². The van der Waals surface area contributed by atoms with E-state index in [1.54, 1.807) is 13.8 Å². The van der Waals surface area contributed by atoms with Crippen LogP contribution >= 0.6 is 12.6 Å². The smallest absolute Gasteiger partial charge is 0.111 e. The Hall–Kier alpha value is 0.270. The van der Waals surface area contributed by atoms with Gasteiger partial charge in [0.2, 0.25) is 0 Å². The molecule has 0 saturated carbocycles. The Balaban J connectivity index is 3.39. The van der Waals surface area contributed by atoms with E-state index in [0.717, 1.165) is 0 Å². The van der Waals surface area contributed by atoms with Crippen molar-refractivity contribution in [3.8, 4) is 0 Å². The van der Waals surface area contributed by atoms with E-state index in [1.807, 2.05) is 6.92 Å². The minimum atomic E-state index is -0.804. The van der Waals surface area contributed by atoms with Crippen LogP contribution in [0.15, 0.2) is 0 Å². The van der Waals surface area contributed by atoms with Gasteiger partial charge in [-0.05, 0) is 20.8 Å². The Morgan fingerprint density at radius 3 is 2.00 bits per heavy atom. The number of thiol groups is 1. The molecule has 0 aliphatic rings. The van der Waals surface area contributed by atoms with Crippen molar-refractivity contribution in [1.82, 2.24) is 5.32 Å². The summed E-state index contributed by atoms with van der Waals surface area (Å²) in [6.07, 6.45) is 0. The van der Waals surface area contributed by atoms with E-state index in [-0.39, 0.29) is 5.37 Å². The van der Waals surface area contributed by atoms with E-state index < -0.39 is 5.72 Å². The molecule has 0 aromatic carbocycles. The molecule has 0 heterocycles. The first-order valence-corrected chi connectivity index (χ1v) is 3.11. The molecule has 0 saturated heterocycles. The van der Waals surface area contributed by atoms with Gasteiger partial charge in [0.05, 0.1) is 0 Å². The van der Waals surface area contributed by atoms with E-state index in [2.05, 4.69) is 17.9 Å². The first-order chi connectivity index (χ1) is 3.42. The molecule has 0 aromatic heterocycles. The molecule has 0 bridgehead atoms. The number of hydrogen-bond acceptors (Lipinski definition) is 3. The van der Waals surface area contributed by atoms with Crippen molar-refractivity contribution >= 4 is 12.6 Å². The second-order valence-corrected chi connectivity index (χ2v) is 3.15. The van der Waals surface area contributed by atoms with Gasteiger partial charge in [0.1, 0.15) is 5.72 Å². The Bertz CT molecular complexity index is 67.3. The summed E-state index contributed by atoms with van der Waals surface area (Å²) in [5.41, 5.74) is -0.804. The summed E-state index contributed by atoms with van der Waals surface area (Å²) in [6, 6.07) is 0. The van der Waals surface area contributed by atoms with E-state index in [9.17, 15) is 0 Å². The van der Waals surface area contributed by atoms with Crippen LogP contribution in [0.3, 0.4) is 0 Å². The number of aliphatic hydroxyl groups is 1. The van der Waals surface area contributed by atoms with E-state index >= 15 is 0 Å². The second-order valence-electron chi connectivity index (χ2n) is 2.38. The third kappa shape index (κ3) is 6.27. The zero-order valence-corrected chi connectivity index (χ0v) is 6.37. The quantitative estimate of drug-likeness (QED) is 0.382. The first kappa shape index (κ1) is 8.27. The van der Waals surface area contributed by atoms with Crippen LogP contribution < -0.4 is 5.32 Å². The third-order valence-corrected chi connectivity index (χ3v) is 0.691. The highest BCUT2D eigenvalue weighted by Gasteiger charge is 2.11. The van der Waals surface area contributed by atoms with Gasteiger partial charge in [0.15, 0.2) is 0 Å². The summed E-state index contributed by atoms with van der Waals surface area (Å²) in [7, 11) is 0. The van der Waals surface area contributed by atoms with Crippen molar-refractivity contribution in [3.63, 3.8) is 0 Å². The van der Waals surface area contributed by atoms with Gasteiger partial charge in [-0.1, -0.05) is 0 Å². The Kier molecular flexibility index (Phi) is 2.80. The maximum atomic E-state index is 9.03. The van der Waals surface area contributed by atoms with Gasteiger partial charge in [-0.3, -0.25) is 5.32 Å². The summed E-state index contributed by atoms with van der Waals surface area (Å²) in [4.78, 5) is 0. The molecule has 0 aromatic rings. The molecule has 0 amide bonds. The lowest BCUT2D eigenvalue weighted by molar-refractivity contribution is 0.0425. The van der Waals surface area contributed by atoms with Crippen LogP contribution in [0.4, 0.5) is 0 Å². The lowest BCUT2D eigenvalue weighted by atomic mass is 10.3. The normalized spacial score (nSPS) is 16.1. The molecule has 3 heteroatoms. The molecule has 1 unspecified atom stereocenters. The Morgan fingerprint density at radius 1 is 1.62 bits per heavy atom. The molecule has 0 spiro atoms. The highest BCUT2D eigenvalue weighted by atomic mass is 32.1. The molecule has 0 aliphatic heterocycles. The largest absolute Gasteiger partial charge is 0.376 e. The van der Waals surface area contributed by atoms with Crippen molar-refractivity contribution in [2.75, 3.05) is 0 Å². The third-order valence-electron chi connectivity index (χ3n) is 0.562. The number of nitrogens with one attached hydrogen (secondary N) is 1. The second kappa shape index (κ2) is 2.71. The summed E-state index contributed by atoms with van der Waals surface area (Å²) >= 11 is 4.02. The fraction of sp³-hybridized carbons (Fsp3) is 1.00. The topological polar surface area (TPSA) is 32.3 Å². The summed E-state index contributed by atoms with van der Waals surface area (Å²) in [6.45, 7) is 5.22. The molecule has 2 N–H and O–H groups in total. The molecule has 0 rings (SSSR count). The van der Waals surface area contributed by atoms with Gasteiger partial charge in [0, 0.05) is 5.37 Å². The predicted octanol–water partition coefficient (Wildman–Crippen LogP) is 0.580. The van der Waals surface area contributed by atoms with Gasteiger partial charge in [0.25, 0.3) is 0 Å². The van der Waals surface area contributed by atoms with Gasteiger partial charge < -0.3 is 5.11 Å². The summed E-state index contributed by atoms with van der Waals surface area (Å²) in [5.74, 6) is 0. The Labute approximate surface area is 55.7 Å². The van der Waals surface area contributed by atoms with Crippen LogP contribution in [0.25, 0.3) is 0 Å². The molecular formula is C5H13NOS. The monoisotopic (exact) mass is 135 g/mol.